The SMILES string of the molecule is COc1ccc(S(=O)(=O)N2C(=O)C(N)(c3ccccc3Cl)c3cc(C)c(Cl)cc32)c(OC)c1. The molecule has 1 unspecified atom stereocenters. The predicted molar refractivity (Wildman–Crippen MR) is 127 cm³/mol. The zero-order valence-corrected chi connectivity index (χ0v) is 20.3. The standard InChI is InChI=1S/C23H20Cl2N2O5S/c1-13-10-16-19(12-18(13)25)27(22(28)23(16,26)15-6-4-5-7-17(15)24)33(29,30)21-9-8-14(31-2)11-20(21)32-3/h4-12H,26H2,1-3H3. The Balaban J connectivity index is 2.01. The maximum atomic E-state index is 13.9. The number of ether oxygens (including phenoxy) is 2. The highest BCUT2D eigenvalue weighted by atomic mass is 35.5. The van der Waals surface area contributed by atoms with Crippen LogP contribution in [0.15, 0.2) is 59.5 Å². The van der Waals surface area contributed by atoms with Crippen molar-refractivity contribution < 1.29 is 22.7 Å². The van der Waals surface area contributed by atoms with Crippen LogP contribution in [-0.4, -0.2) is 28.5 Å². The largest absolute Gasteiger partial charge is 0.497 e. The average molecular weight is 507 g/mol. The smallest absolute Gasteiger partial charge is 0.274 e. The van der Waals surface area contributed by atoms with Crippen LogP contribution in [0.2, 0.25) is 10.0 Å². The number of hydrogen-bond acceptors (Lipinski definition) is 6. The first kappa shape index (κ1) is 23.4. The Bertz CT molecular complexity index is 1390. The third-order valence-corrected chi connectivity index (χ3v) is 8.10. The summed E-state index contributed by atoms with van der Waals surface area (Å²) in [6, 6.07) is 13.8. The number of aryl methyl sites for hydroxylation is 1. The van der Waals surface area contributed by atoms with E-state index in [9.17, 15) is 13.2 Å². The second-order valence-corrected chi connectivity index (χ2v) is 10.1. The molecule has 1 atom stereocenters. The van der Waals surface area contributed by atoms with Crippen molar-refractivity contribution in [2.45, 2.75) is 17.4 Å². The van der Waals surface area contributed by atoms with E-state index in [1.165, 1.54) is 38.5 Å². The first-order valence-corrected chi connectivity index (χ1v) is 11.9. The lowest BCUT2D eigenvalue weighted by Gasteiger charge is -2.26. The van der Waals surface area contributed by atoms with Crippen LogP contribution in [0.4, 0.5) is 5.69 Å². The number of carbonyl (C=O) groups is 1. The molecule has 2 N–H and O–H groups in total. The van der Waals surface area contributed by atoms with Gasteiger partial charge in [0.15, 0.2) is 5.54 Å². The molecule has 0 saturated carbocycles. The van der Waals surface area contributed by atoms with E-state index in [0.29, 0.717) is 15.6 Å². The van der Waals surface area contributed by atoms with Crippen molar-refractivity contribution in [3.63, 3.8) is 0 Å². The molecule has 0 radical (unpaired) electrons. The fourth-order valence-electron chi connectivity index (χ4n) is 3.91. The highest BCUT2D eigenvalue weighted by Crippen LogP contribution is 2.49. The number of nitrogens with two attached hydrogens (primary N) is 1. The van der Waals surface area contributed by atoms with Gasteiger partial charge in [-0.1, -0.05) is 41.4 Å². The summed E-state index contributed by atoms with van der Waals surface area (Å²) < 4.78 is 38.8. The van der Waals surface area contributed by atoms with Crippen LogP contribution < -0.4 is 19.5 Å². The average Bonchev–Trinajstić information content (AvgIpc) is 3.01. The Morgan fingerprint density at radius 3 is 2.27 bits per heavy atom. The van der Waals surface area contributed by atoms with Gasteiger partial charge in [-0.15, -0.1) is 0 Å². The number of hydrogen-bond donors (Lipinski definition) is 1. The fraction of sp³-hybridized carbons (Fsp3) is 0.174. The minimum atomic E-state index is -4.47. The van der Waals surface area contributed by atoms with E-state index in [2.05, 4.69) is 0 Å². The molecule has 3 aromatic rings. The molecule has 172 valence electrons. The monoisotopic (exact) mass is 506 g/mol. The van der Waals surface area contributed by atoms with Crippen LogP contribution in [0.5, 0.6) is 11.5 Å². The Kier molecular flexibility index (Phi) is 5.82. The molecule has 0 saturated heterocycles. The fourth-order valence-corrected chi connectivity index (χ4v) is 5.95. The molecule has 10 heteroatoms. The number of halogens is 2. The molecule has 7 nitrogen and oxygen atoms in total. The number of rotatable bonds is 5. The highest BCUT2D eigenvalue weighted by molar-refractivity contribution is 7.93. The summed E-state index contributed by atoms with van der Waals surface area (Å²) >= 11 is 12.7. The van der Waals surface area contributed by atoms with Crippen molar-refractivity contribution in [2.24, 2.45) is 5.73 Å². The Hall–Kier alpha value is -2.78. The number of amides is 1. The summed E-state index contributed by atoms with van der Waals surface area (Å²) in [6.45, 7) is 1.74. The van der Waals surface area contributed by atoms with Gasteiger partial charge >= 0.3 is 0 Å². The second-order valence-electron chi connectivity index (χ2n) is 7.50. The molecule has 4 rings (SSSR count). The molecule has 0 fully saturated rings. The lowest BCUT2D eigenvalue weighted by atomic mass is 9.84. The van der Waals surface area contributed by atoms with Crippen molar-refractivity contribution in [2.75, 3.05) is 18.5 Å². The quantitative estimate of drug-likeness (QED) is 0.554. The summed E-state index contributed by atoms with van der Waals surface area (Å²) in [5, 5.41) is 0.514. The van der Waals surface area contributed by atoms with Gasteiger partial charge in [-0.2, -0.15) is 0 Å². The summed E-state index contributed by atoms with van der Waals surface area (Å²) in [4.78, 5) is 13.6. The van der Waals surface area contributed by atoms with Gasteiger partial charge in [0.2, 0.25) is 0 Å². The van der Waals surface area contributed by atoms with Crippen molar-refractivity contribution in [1.82, 2.24) is 0 Å². The zero-order valence-electron chi connectivity index (χ0n) is 17.9. The molecule has 1 aliphatic rings. The lowest BCUT2D eigenvalue weighted by Crippen LogP contribution is -2.49. The maximum Gasteiger partial charge on any atom is 0.274 e. The van der Waals surface area contributed by atoms with Crippen molar-refractivity contribution >= 4 is 44.8 Å². The van der Waals surface area contributed by atoms with E-state index >= 15 is 0 Å². The molecule has 0 bridgehead atoms. The summed E-state index contributed by atoms with van der Waals surface area (Å²) in [7, 11) is -1.70. The van der Waals surface area contributed by atoms with E-state index in [4.69, 9.17) is 38.4 Å². The molecule has 33 heavy (non-hydrogen) atoms. The molecule has 1 heterocycles. The molecule has 1 amide bonds. The molecular formula is C23H20Cl2N2O5S. The van der Waals surface area contributed by atoms with Gasteiger partial charge in [0.25, 0.3) is 15.9 Å². The minimum Gasteiger partial charge on any atom is -0.497 e. The number of benzene rings is 3. The number of carbonyl (C=O) groups excluding carboxylic acids is 1. The van der Waals surface area contributed by atoms with Crippen molar-refractivity contribution in [1.29, 1.82) is 0 Å². The minimum absolute atomic E-state index is 0.00849. The summed E-state index contributed by atoms with van der Waals surface area (Å²) in [6.07, 6.45) is 0. The molecule has 0 spiro atoms. The van der Waals surface area contributed by atoms with Gasteiger partial charge in [-0.3, -0.25) is 4.79 Å². The van der Waals surface area contributed by atoms with E-state index in [0.717, 1.165) is 0 Å². The lowest BCUT2D eigenvalue weighted by molar-refractivity contribution is -0.120. The third-order valence-electron chi connectivity index (χ3n) is 5.63. The Morgan fingerprint density at radius 2 is 1.64 bits per heavy atom. The summed E-state index contributed by atoms with van der Waals surface area (Å²) in [5.41, 5.74) is 6.09. The van der Waals surface area contributed by atoms with Crippen LogP contribution in [0.3, 0.4) is 0 Å². The predicted octanol–water partition coefficient (Wildman–Crippen LogP) is 4.26. The first-order chi connectivity index (χ1) is 15.6. The highest BCUT2D eigenvalue weighted by Gasteiger charge is 2.55. The number of sulfonamides is 1. The van der Waals surface area contributed by atoms with Gasteiger partial charge in [-0.25, -0.2) is 12.7 Å². The normalized spacial score (nSPS) is 17.8. The van der Waals surface area contributed by atoms with Crippen molar-refractivity contribution in [3.8, 4) is 11.5 Å². The number of anilines is 1. The number of fused-ring (bicyclic) bond motifs is 1. The van der Waals surface area contributed by atoms with Gasteiger partial charge in [0.05, 0.1) is 19.9 Å². The molecule has 3 aromatic carbocycles. The first-order valence-electron chi connectivity index (χ1n) is 9.73. The van der Waals surface area contributed by atoms with Crippen LogP contribution in [0.1, 0.15) is 16.7 Å². The molecular weight excluding hydrogens is 487 g/mol. The van der Waals surface area contributed by atoms with Crippen LogP contribution in [-0.2, 0) is 20.4 Å². The zero-order chi connectivity index (χ0) is 24.1. The third kappa shape index (κ3) is 3.45. The molecule has 0 aliphatic carbocycles. The molecule has 0 aromatic heterocycles. The van der Waals surface area contributed by atoms with Crippen LogP contribution in [0, 0.1) is 6.92 Å². The summed E-state index contributed by atoms with van der Waals surface area (Å²) in [5.74, 6) is -0.485. The van der Waals surface area contributed by atoms with Gasteiger partial charge in [0, 0.05) is 27.2 Å². The maximum absolute atomic E-state index is 13.9. The van der Waals surface area contributed by atoms with Crippen molar-refractivity contribution in [3.05, 3.63) is 81.3 Å². The van der Waals surface area contributed by atoms with Gasteiger partial charge < -0.3 is 15.2 Å². The van der Waals surface area contributed by atoms with E-state index < -0.39 is 21.5 Å². The second kappa shape index (κ2) is 8.22. The molecule has 1 aliphatic heterocycles. The van der Waals surface area contributed by atoms with E-state index in [1.807, 2.05) is 0 Å². The number of nitrogens with zero attached hydrogens (tertiary/aromatic N) is 1. The van der Waals surface area contributed by atoms with E-state index in [1.54, 1.807) is 37.3 Å². The van der Waals surface area contributed by atoms with Gasteiger partial charge in [0.1, 0.15) is 16.4 Å². The van der Waals surface area contributed by atoms with E-state index in [-0.39, 0.29) is 37.5 Å². The Labute approximate surface area is 201 Å². The number of methoxy groups -OCH3 is 2. The topological polar surface area (TPSA) is 98.9 Å². The Morgan fingerprint density at radius 1 is 0.939 bits per heavy atom. The van der Waals surface area contributed by atoms with Gasteiger partial charge in [-0.05, 0) is 42.8 Å². The van der Waals surface area contributed by atoms with Crippen LogP contribution in [0.25, 0.3) is 0 Å². The van der Waals surface area contributed by atoms with Crippen LogP contribution >= 0.6 is 23.2 Å².